The van der Waals surface area contributed by atoms with Gasteiger partial charge in [-0.25, -0.2) is 0 Å². The summed E-state index contributed by atoms with van der Waals surface area (Å²) in [6.07, 6.45) is 4.72. The first-order valence-electron chi connectivity index (χ1n) is 5.33. The molecule has 1 fully saturated rings. The summed E-state index contributed by atoms with van der Waals surface area (Å²) < 4.78 is 0. The second-order valence-corrected chi connectivity index (χ2v) is 4.53. The van der Waals surface area contributed by atoms with Crippen LogP contribution in [0.1, 0.15) is 46.5 Å². The van der Waals surface area contributed by atoms with Crippen LogP contribution in [0.15, 0.2) is 0 Å². The van der Waals surface area contributed by atoms with Crippen LogP contribution in [-0.4, -0.2) is 11.2 Å². The van der Waals surface area contributed by atoms with Crippen molar-refractivity contribution >= 4 is 0 Å². The fourth-order valence-corrected chi connectivity index (χ4v) is 2.56. The van der Waals surface area contributed by atoms with Gasteiger partial charge in [0.25, 0.3) is 0 Å². The van der Waals surface area contributed by atoms with E-state index in [1.54, 1.807) is 0 Å². The molecule has 12 heavy (non-hydrogen) atoms. The fourth-order valence-electron chi connectivity index (χ4n) is 2.56. The van der Waals surface area contributed by atoms with Crippen molar-refractivity contribution in [2.75, 3.05) is 0 Å². The Labute approximate surface area is 76.2 Å². The molecule has 1 rings (SSSR count). The zero-order valence-electron chi connectivity index (χ0n) is 8.59. The zero-order chi connectivity index (χ0) is 9.14. The summed E-state index contributed by atoms with van der Waals surface area (Å²) in [6, 6.07) is 0. The van der Waals surface area contributed by atoms with Crippen molar-refractivity contribution in [3.05, 3.63) is 0 Å². The molecule has 1 aliphatic carbocycles. The molecule has 0 aromatic carbocycles. The Morgan fingerprint density at radius 3 is 2.50 bits per heavy atom. The van der Waals surface area contributed by atoms with E-state index < -0.39 is 0 Å². The molecule has 1 heteroatoms. The second-order valence-electron chi connectivity index (χ2n) is 4.53. The quantitative estimate of drug-likeness (QED) is 0.675. The molecule has 0 aromatic heterocycles. The number of hydrogen-bond donors (Lipinski definition) is 1. The minimum absolute atomic E-state index is 0.0486. The molecule has 0 aromatic rings. The smallest absolute Gasteiger partial charge is 0.0568 e. The van der Waals surface area contributed by atoms with Gasteiger partial charge in [0.05, 0.1) is 6.10 Å². The standard InChI is InChI=1S/C11H22O/c1-4-11(12)10-6-5-8(2)7-9(10)3/h8-12H,4-7H2,1-3H3. The first kappa shape index (κ1) is 10.0. The van der Waals surface area contributed by atoms with Crippen molar-refractivity contribution in [1.29, 1.82) is 0 Å². The number of rotatable bonds is 2. The maximum Gasteiger partial charge on any atom is 0.0568 e. The van der Waals surface area contributed by atoms with Gasteiger partial charge in [0, 0.05) is 0 Å². The topological polar surface area (TPSA) is 20.2 Å². The molecule has 1 saturated carbocycles. The van der Waals surface area contributed by atoms with Crippen molar-refractivity contribution in [2.24, 2.45) is 17.8 Å². The average Bonchev–Trinajstić information content (AvgIpc) is 2.03. The summed E-state index contributed by atoms with van der Waals surface area (Å²) in [4.78, 5) is 0. The van der Waals surface area contributed by atoms with Gasteiger partial charge >= 0.3 is 0 Å². The molecule has 1 aliphatic rings. The first-order chi connectivity index (χ1) is 5.65. The molecule has 0 aliphatic heterocycles. The van der Waals surface area contributed by atoms with E-state index in [0.717, 1.165) is 18.3 Å². The molecule has 4 unspecified atom stereocenters. The number of aliphatic hydroxyl groups excluding tert-OH is 1. The van der Waals surface area contributed by atoms with Gasteiger partial charge < -0.3 is 5.11 Å². The third-order valence-electron chi connectivity index (χ3n) is 3.41. The van der Waals surface area contributed by atoms with E-state index in [4.69, 9.17) is 0 Å². The van der Waals surface area contributed by atoms with Gasteiger partial charge in [-0.3, -0.25) is 0 Å². The Hall–Kier alpha value is -0.0400. The third-order valence-corrected chi connectivity index (χ3v) is 3.41. The molecule has 1 nitrogen and oxygen atoms in total. The molecule has 0 bridgehead atoms. The van der Waals surface area contributed by atoms with Crippen molar-refractivity contribution < 1.29 is 5.11 Å². The summed E-state index contributed by atoms with van der Waals surface area (Å²) in [5.74, 6) is 2.18. The van der Waals surface area contributed by atoms with Crippen LogP contribution in [0.2, 0.25) is 0 Å². The van der Waals surface area contributed by atoms with Crippen LogP contribution in [0.3, 0.4) is 0 Å². The normalized spacial score (nSPS) is 39.5. The summed E-state index contributed by atoms with van der Waals surface area (Å²) in [6.45, 7) is 6.69. The largest absolute Gasteiger partial charge is 0.393 e. The fraction of sp³-hybridized carbons (Fsp3) is 1.00. The van der Waals surface area contributed by atoms with Crippen molar-refractivity contribution in [3.63, 3.8) is 0 Å². The molecular weight excluding hydrogens is 148 g/mol. The van der Waals surface area contributed by atoms with Crippen LogP contribution in [0.5, 0.6) is 0 Å². The van der Waals surface area contributed by atoms with E-state index in [1.807, 2.05) is 0 Å². The molecule has 72 valence electrons. The minimum Gasteiger partial charge on any atom is -0.393 e. The molecular formula is C11H22O. The number of hydrogen-bond acceptors (Lipinski definition) is 1. The van der Waals surface area contributed by atoms with Crippen LogP contribution in [-0.2, 0) is 0 Å². The Bertz CT molecular complexity index is 133. The van der Waals surface area contributed by atoms with Gasteiger partial charge in [-0.1, -0.05) is 27.2 Å². The van der Waals surface area contributed by atoms with E-state index in [2.05, 4.69) is 20.8 Å². The van der Waals surface area contributed by atoms with Gasteiger partial charge in [0.15, 0.2) is 0 Å². The third kappa shape index (κ3) is 2.22. The second kappa shape index (κ2) is 4.27. The maximum atomic E-state index is 9.74. The van der Waals surface area contributed by atoms with Crippen LogP contribution in [0, 0.1) is 17.8 Å². The summed E-state index contributed by atoms with van der Waals surface area (Å²) >= 11 is 0. The molecule has 0 saturated heterocycles. The minimum atomic E-state index is -0.0486. The lowest BCUT2D eigenvalue weighted by atomic mass is 9.73. The maximum absolute atomic E-state index is 9.74. The van der Waals surface area contributed by atoms with E-state index in [0.29, 0.717) is 5.92 Å². The molecule has 0 radical (unpaired) electrons. The number of aliphatic hydroxyl groups is 1. The van der Waals surface area contributed by atoms with E-state index in [1.165, 1.54) is 19.3 Å². The lowest BCUT2D eigenvalue weighted by molar-refractivity contribution is 0.0395. The summed E-state index contributed by atoms with van der Waals surface area (Å²) in [7, 11) is 0. The van der Waals surface area contributed by atoms with Gasteiger partial charge in [-0.05, 0) is 37.0 Å². The Balaban J connectivity index is 2.44. The molecule has 1 N–H and O–H groups in total. The van der Waals surface area contributed by atoms with E-state index >= 15 is 0 Å². The first-order valence-corrected chi connectivity index (χ1v) is 5.33. The van der Waals surface area contributed by atoms with Gasteiger partial charge in [0.1, 0.15) is 0 Å². The highest BCUT2D eigenvalue weighted by molar-refractivity contribution is 4.80. The Morgan fingerprint density at radius 2 is 2.00 bits per heavy atom. The predicted molar refractivity (Wildman–Crippen MR) is 52.0 cm³/mol. The molecule has 0 spiro atoms. The lowest BCUT2D eigenvalue weighted by Gasteiger charge is -2.35. The highest BCUT2D eigenvalue weighted by Crippen LogP contribution is 2.35. The van der Waals surface area contributed by atoms with Gasteiger partial charge in [-0.15, -0.1) is 0 Å². The average molecular weight is 170 g/mol. The van der Waals surface area contributed by atoms with E-state index in [9.17, 15) is 5.11 Å². The Morgan fingerprint density at radius 1 is 1.33 bits per heavy atom. The lowest BCUT2D eigenvalue weighted by Crippen LogP contribution is -2.31. The van der Waals surface area contributed by atoms with Gasteiger partial charge in [-0.2, -0.15) is 0 Å². The predicted octanol–water partition coefficient (Wildman–Crippen LogP) is 2.83. The van der Waals surface area contributed by atoms with Crippen molar-refractivity contribution in [1.82, 2.24) is 0 Å². The highest BCUT2D eigenvalue weighted by Gasteiger charge is 2.29. The summed E-state index contributed by atoms with van der Waals surface area (Å²) in [5, 5.41) is 9.74. The van der Waals surface area contributed by atoms with Crippen molar-refractivity contribution in [3.8, 4) is 0 Å². The molecule has 0 amide bonds. The van der Waals surface area contributed by atoms with Crippen LogP contribution in [0.4, 0.5) is 0 Å². The van der Waals surface area contributed by atoms with Crippen molar-refractivity contribution in [2.45, 2.75) is 52.6 Å². The van der Waals surface area contributed by atoms with Crippen LogP contribution in [0.25, 0.3) is 0 Å². The highest BCUT2D eigenvalue weighted by atomic mass is 16.3. The van der Waals surface area contributed by atoms with Crippen LogP contribution >= 0.6 is 0 Å². The zero-order valence-corrected chi connectivity index (χ0v) is 8.59. The van der Waals surface area contributed by atoms with E-state index in [-0.39, 0.29) is 6.10 Å². The Kier molecular flexibility index (Phi) is 3.57. The van der Waals surface area contributed by atoms with Gasteiger partial charge in [0.2, 0.25) is 0 Å². The molecule has 4 atom stereocenters. The SMILES string of the molecule is CCC(O)C1CCC(C)CC1C. The monoisotopic (exact) mass is 170 g/mol. The molecule has 0 heterocycles. The van der Waals surface area contributed by atoms with Crippen LogP contribution < -0.4 is 0 Å². The summed E-state index contributed by atoms with van der Waals surface area (Å²) in [5.41, 5.74) is 0.